The molecule has 0 aliphatic carbocycles. The van der Waals surface area contributed by atoms with E-state index in [-0.39, 0.29) is 18.1 Å². The number of nitrogens with one attached hydrogen (secondary N) is 2. The van der Waals surface area contributed by atoms with Gasteiger partial charge in [0.15, 0.2) is 6.23 Å². The second kappa shape index (κ2) is 9.27. The molecule has 1 aromatic heterocycles. The zero-order valence-corrected chi connectivity index (χ0v) is 16.0. The number of aromatic nitrogens is 2. The molecule has 1 fully saturated rings. The topological polar surface area (TPSA) is 126 Å². The molecule has 0 unspecified atom stereocenters. The average molecular weight is 385 g/mol. The molecule has 10 nitrogen and oxygen atoms in total. The van der Waals surface area contributed by atoms with E-state index in [0.29, 0.717) is 13.1 Å². The van der Waals surface area contributed by atoms with E-state index in [1.807, 2.05) is 19.0 Å². The van der Waals surface area contributed by atoms with E-state index in [2.05, 4.69) is 10.3 Å². The van der Waals surface area contributed by atoms with Crippen LogP contribution < -0.4 is 16.6 Å². The van der Waals surface area contributed by atoms with Gasteiger partial charge in [-0.15, -0.1) is 0 Å². The highest BCUT2D eigenvalue weighted by molar-refractivity contribution is 5.77. The van der Waals surface area contributed by atoms with Crippen molar-refractivity contribution in [1.29, 1.82) is 0 Å². The number of likely N-dealkylation sites (N-methyl/N-ethyl adjacent to an activating group) is 1. The smallest absolute Gasteiger partial charge is 0.330 e. The number of rotatable bonds is 8. The van der Waals surface area contributed by atoms with Gasteiger partial charge >= 0.3 is 5.69 Å². The third-order valence-electron chi connectivity index (χ3n) is 4.29. The molecule has 1 saturated heterocycles. The molecule has 1 aliphatic heterocycles. The number of aryl methyl sites for hydroxylation is 1. The minimum atomic E-state index is -1.22. The Balaban J connectivity index is 2.16. The van der Waals surface area contributed by atoms with Crippen LogP contribution in [-0.2, 0) is 14.3 Å². The second-order valence-corrected chi connectivity index (χ2v) is 6.72. The van der Waals surface area contributed by atoms with Gasteiger partial charge in [0.25, 0.3) is 5.56 Å². The van der Waals surface area contributed by atoms with Crippen LogP contribution in [0.15, 0.2) is 15.8 Å². The Bertz CT molecular complexity index is 793. The van der Waals surface area contributed by atoms with Gasteiger partial charge in [0.2, 0.25) is 5.91 Å². The van der Waals surface area contributed by atoms with E-state index in [4.69, 9.17) is 10.8 Å². The lowest BCUT2D eigenvalue weighted by atomic mass is 10.1. The predicted octanol–water partition coefficient (Wildman–Crippen LogP) is -1.42. The summed E-state index contributed by atoms with van der Waals surface area (Å²) < 4.78 is 20.2. The lowest BCUT2D eigenvalue weighted by Gasteiger charge is -2.22. The van der Waals surface area contributed by atoms with Crippen LogP contribution in [0.5, 0.6) is 0 Å². The van der Waals surface area contributed by atoms with Crippen LogP contribution in [0.2, 0.25) is 0 Å². The summed E-state index contributed by atoms with van der Waals surface area (Å²) in [5.74, 6) is -0.375. The van der Waals surface area contributed by atoms with Crippen molar-refractivity contribution in [1.82, 2.24) is 19.8 Å². The average Bonchev–Trinajstić information content (AvgIpc) is 2.92. The lowest BCUT2D eigenvalue weighted by molar-refractivity contribution is -0.133. The number of carbonyl (C=O) groups excluding carboxylic acids is 1. The highest BCUT2D eigenvalue weighted by Crippen LogP contribution is 2.32. The molecule has 152 valence electrons. The molecular weight excluding hydrogens is 356 g/mol. The third-order valence-corrected chi connectivity index (χ3v) is 4.29. The van der Waals surface area contributed by atoms with Crippen molar-refractivity contribution in [2.45, 2.75) is 44.8 Å². The van der Waals surface area contributed by atoms with Gasteiger partial charge in [0.05, 0.1) is 6.10 Å². The molecule has 0 radical (unpaired) electrons. The number of aromatic amines is 1. The van der Waals surface area contributed by atoms with Gasteiger partial charge in [-0.25, -0.2) is 4.79 Å². The van der Waals surface area contributed by atoms with Crippen LogP contribution in [0.4, 0.5) is 0 Å². The Kier molecular flexibility index (Phi) is 6.78. The number of amides is 1. The fraction of sp³-hybridized carbons (Fsp3) is 0.706. The second-order valence-electron chi connectivity index (χ2n) is 6.72. The molecule has 2 rings (SSSR count). The highest BCUT2D eigenvalue weighted by atomic mass is 16.6. The van der Waals surface area contributed by atoms with E-state index < -0.39 is 42.2 Å². The number of ether oxygens (including phenoxy) is 2. The summed E-state index contributed by atoms with van der Waals surface area (Å²) in [6.07, 6.45) is -3.74. The standard InChI is InChI=1S/C17H28N4O6/c1-5-11-13(23)14(26-9-12(22)18-6-7-20(3)4)16(27-11)21-8-10(2)15(24)19-17(21)25/h8,11,13-14,16,23H,5-7,9H2,1-4H3,(H,18,22)(H,19,24,25)/t11-,13-,14-,16-/m1/s1/i5D/t5-,11-,13-,14-,16-. The zero-order valence-electron chi connectivity index (χ0n) is 17.0. The van der Waals surface area contributed by atoms with Crippen molar-refractivity contribution in [2.75, 3.05) is 33.8 Å². The lowest BCUT2D eigenvalue weighted by Crippen LogP contribution is -2.42. The number of hydrogen-bond donors (Lipinski definition) is 3. The van der Waals surface area contributed by atoms with Crippen molar-refractivity contribution < 1.29 is 20.7 Å². The maximum atomic E-state index is 12.2. The molecule has 3 N–H and O–H groups in total. The molecule has 2 heterocycles. The number of aliphatic hydroxyl groups excluding tert-OH is 1. The minimum Gasteiger partial charge on any atom is -0.388 e. The fourth-order valence-electron chi connectivity index (χ4n) is 2.77. The first kappa shape index (κ1) is 19.7. The molecule has 0 aromatic carbocycles. The summed E-state index contributed by atoms with van der Waals surface area (Å²) in [6.45, 7) is 3.83. The molecule has 0 spiro atoms. The van der Waals surface area contributed by atoms with E-state index >= 15 is 0 Å². The predicted molar refractivity (Wildman–Crippen MR) is 97.6 cm³/mol. The highest BCUT2D eigenvalue weighted by Gasteiger charge is 2.45. The molecular formula is C17H28N4O6. The normalized spacial score (nSPS) is 26.8. The summed E-state index contributed by atoms with van der Waals surface area (Å²) >= 11 is 0. The van der Waals surface area contributed by atoms with Crippen LogP contribution >= 0.6 is 0 Å². The number of H-pyrrole nitrogens is 1. The monoisotopic (exact) mass is 385 g/mol. The van der Waals surface area contributed by atoms with E-state index in [1.54, 1.807) is 6.92 Å². The largest absolute Gasteiger partial charge is 0.388 e. The zero-order chi connectivity index (χ0) is 21.0. The first-order valence-electron chi connectivity index (χ1n) is 9.30. The van der Waals surface area contributed by atoms with Gasteiger partial charge in [0, 0.05) is 26.2 Å². The SMILES string of the molecule is [2H][C@H](C)[C@H]1O[C@@H](n2cc(C)c(=O)[nH]c2=O)[C@H](OCC(=O)NCCN(C)C)[C@@H]1O. The van der Waals surface area contributed by atoms with Crippen LogP contribution in [-0.4, -0.2) is 77.6 Å². The molecule has 5 atom stereocenters. The fourth-order valence-corrected chi connectivity index (χ4v) is 2.77. The van der Waals surface area contributed by atoms with Gasteiger partial charge in [-0.2, -0.15) is 0 Å². The summed E-state index contributed by atoms with van der Waals surface area (Å²) in [5.41, 5.74) is -0.974. The van der Waals surface area contributed by atoms with E-state index in [0.717, 1.165) is 4.57 Å². The molecule has 1 amide bonds. The van der Waals surface area contributed by atoms with E-state index in [1.165, 1.54) is 13.1 Å². The van der Waals surface area contributed by atoms with Crippen LogP contribution in [0, 0.1) is 6.92 Å². The van der Waals surface area contributed by atoms with Crippen LogP contribution in [0.3, 0.4) is 0 Å². The number of aliphatic hydroxyl groups is 1. The van der Waals surface area contributed by atoms with Gasteiger partial charge < -0.3 is 24.8 Å². The summed E-state index contributed by atoms with van der Waals surface area (Å²) in [7, 11) is 3.76. The van der Waals surface area contributed by atoms with Crippen LogP contribution in [0.1, 0.15) is 26.5 Å². The Morgan fingerprint density at radius 3 is 2.85 bits per heavy atom. The molecule has 1 aliphatic rings. The van der Waals surface area contributed by atoms with Crippen molar-refractivity contribution in [2.24, 2.45) is 0 Å². The Labute approximate surface area is 158 Å². The van der Waals surface area contributed by atoms with E-state index in [9.17, 15) is 19.5 Å². The molecule has 10 heteroatoms. The van der Waals surface area contributed by atoms with Crippen molar-refractivity contribution in [3.05, 3.63) is 32.6 Å². The van der Waals surface area contributed by atoms with Gasteiger partial charge in [-0.1, -0.05) is 6.92 Å². The van der Waals surface area contributed by atoms with Gasteiger partial charge in [-0.3, -0.25) is 19.1 Å². The number of hydrogen-bond acceptors (Lipinski definition) is 7. The molecule has 1 aromatic rings. The molecule has 0 bridgehead atoms. The first-order chi connectivity index (χ1) is 13.1. The van der Waals surface area contributed by atoms with Gasteiger partial charge in [0.1, 0.15) is 18.8 Å². The molecule has 0 saturated carbocycles. The molecule has 27 heavy (non-hydrogen) atoms. The Hall–Kier alpha value is -2.01. The third kappa shape index (κ3) is 5.25. The van der Waals surface area contributed by atoms with Crippen molar-refractivity contribution in [3.8, 4) is 0 Å². The summed E-state index contributed by atoms with van der Waals surface area (Å²) in [4.78, 5) is 39.9. The summed E-state index contributed by atoms with van der Waals surface area (Å²) in [5, 5.41) is 13.2. The Morgan fingerprint density at radius 1 is 1.52 bits per heavy atom. The van der Waals surface area contributed by atoms with Gasteiger partial charge in [-0.05, 0) is 27.4 Å². The van der Waals surface area contributed by atoms with Crippen LogP contribution in [0.25, 0.3) is 0 Å². The first-order valence-corrected chi connectivity index (χ1v) is 8.72. The number of carbonyl (C=O) groups is 1. The quantitative estimate of drug-likeness (QED) is 0.501. The minimum absolute atomic E-state index is 0.278. The Morgan fingerprint density at radius 2 is 2.22 bits per heavy atom. The maximum absolute atomic E-state index is 12.2. The van der Waals surface area contributed by atoms with Crippen molar-refractivity contribution in [3.63, 3.8) is 0 Å². The summed E-state index contributed by atoms with van der Waals surface area (Å²) in [6, 6.07) is 0. The van der Waals surface area contributed by atoms with Crippen molar-refractivity contribution >= 4 is 5.91 Å². The number of nitrogens with zero attached hydrogens (tertiary/aromatic N) is 2. The maximum Gasteiger partial charge on any atom is 0.330 e.